The Hall–Kier alpha value is -2.73. The Morgan fingerprint density at radius 2 is 1.78 bits per heavy atom. The van der Waals surface area contributed by atoms with Crippen LogP contribution in [0.4, 0.5) is 4.79 Å². The van der Waals surface area contributed by atoms with Gasteiger partial charge in [-0.15, -0.1) is 0 Å². The lowest BCUT2D eigenvalue weighted by Gasteiger charge is -2.63. The van der Waals surface area contributed by atoms with Crippen LogP contribution in [0.15, 0.2) is 12.2 Å². The van der Waals surface area contributed by atoms with Gasteiger partial charge in [0.1, 0.15) is 17.4 Å². The summed E-state index contributed by atoms with van der Waals surface area (Å²) in [5.74, 6) is -0.254. The number of imide groups is 1. The standard InChI is InChI=1S/C33H48BN3O8/c1-31(2,3)43-30(42)37-19-20(15-22(38)9-7-14-36-26(39)11-12-27(36)40)16-24(37)29(41)35-13-8-10-25(35)34-44-28-23-17-21(32(23,4)5)18-33(28,6)45-34/h11-12,20-21,23-25,28H,7-10,13-19H2,1-6H3/t20-,21?,23?,24+,25+,28?,33?/m1/s1. The van der Waals surface area contributed by atoms with Crippen LogP contribution in [0.25, 0.3) is 0 Å². The van der Waals surface area contributed by atoms with Crippen molar-refractivity contribution >= 4 is 36.7 Å². The minimum atomic E-state index is -0.741. The van der Waals surface area contributed by atoms with Gasteiger partial charge in [-0.05, 0) is 89.4 Å². The Kier molecular flexibility index (Phi) is 8.24. The van der Waals surface area contributed by atoms with Crippen LogP contribution >= 0.6 is 0 Å². The van der Waals surface area contributed by atoms with Gasteiger partial charge in [-0.2, -0.15) is 0 Å². The van der Waals surface area contributed by atoms with E-state index < -0.39 is 24.9 Å². The number of hydrogen-bond acceptors (Lipinski definition) is 8. The predicted octanol–water partition coefficient (Wildman–Crippen LogP) is 3.53. The van der Waals surface area contributed by atoms with Crippen molar-refractivity contribution in [1.82, 2.24) is 14.7 Å². The molecule has 0 aromatic carbocycles. The maximum Gasteiger partial charge on any atom is 0.481 e. The minimum Gasteiger partial charge on any atom is -0.444 e. The molecule has 3 aliphatic carbocycles. The number of carbonyl (C=O) groups is 5. The number of likely N-dealkylation sites (tertiary alicyclic amines) is 2. The quantitative estimate of drug-likeness (QED) is 0.297. The van der Waals surface area contributed by atoms with Crippen molar-refractivity contribution in [3.8, 4) is 0 Å². The summed E-state index contributed by atoms with van der Waals surface area (Å²) >= 11 is 0. The normalized spacial score (nSPS) is 35.2. The number of nitrogens with zero attached hydrogens (tertiary/aromatic N) is 3. The average Bonchev–Trinajstić information content (AvgIpc) is 3.73. The van der Waals surface area contributed by atoms with Crippen LogP contribution < -0.4 is 0 Å². The summed E-state index contributed by atoms with van der Waals surface area (Å²) in [6, 6.07) is -0.741. The summed E-state index contributed by atoms with van der Waals surface area (Å²) in [6.07, 6.45) is 6.81. The minimum absolute atomic E-state index is 0.0122. The lowest BCUT2D eigenvalue weighted by atomic mass is 9.45. The molecule has 4 amide bonds. The summed E-state index contributed by atoms with van der Waals surface area (Å²) in [7, 11) is -0.500. The Morgan fingerprint density at radius 1 is 1.07 bits per heavy atom. The van der Waals surface area contributed by atoms with E-state index in [1.165, 1.54) is 17.1 Å². The monoisotopic (exact) mass is 625 g/mol. The number of Topliss-reactive ketones (excluding diaryl/α,β-unsaturated/α-hetero) is 1. The molecule has 246 valence electrons. The molecule has 6 fully saturated rings. The molecule has 4 unspecified atom stereocenters. The van der Waals surface area contributed by atoms with E-state index in [2.05, 4.69) is 20.8 Å². The fraction of sp³-hybridized carbons (Fsp3) is 0.788. The Bertz CT molecular complexity index is 1280. The van der Waals surface area contributed by atoms with Gasteiger partial charge in [-0.1, -0.05) is 13.8 Å². The molecule has 0 aromatic rings. The molecule has 4 heterocycles. The van der Waals surface area contributed by atoms with E-state index in [0.29, 0.717) is 31.2 Å². The van der Waals surface area contributed by atoms with Gasteiger partial charge in [0.15, 0.2) is 0 Å². The smallest absolute Gasteiger partial charge is 0.444 e. The average molecular weight is 626 g/mol. The second-order valence-corrected chi connectivity index (χ2v) is 15.9. The summed E-state index contributed by atoms with van der Waals surface area (Å²) in [5.41, 5.74) is -0.851. The molecule has 2 bridgehead atoms. The van der Waals surface area contributed by atoms with E-state index in [4.69, 9.17) is 14.0 Å². The summed E-state index contributed by atoms with van der Waals surface area (Å²) in [4.78, 5) is 68.7. The molecule has 11 nitrogen and oxygen atoms in total. The van der Waals surface area contributed by atoms with Crippen LogP contribution in [-0.4, -0.2) is 100 Å². The van der Waals surface area contributed by atoms with Gasteiger partial charge in [0.2, 0.25) is 5.91 Å². The first-order chi connectivity index (χ1) is 21.1. The molecule has 0 radical (unpaired) electrons. The second-order valence-electron chi connectivity index (χ2n) is 15.9. The third-order valence-electron chi connectivity index (χ3n) is 11.3. The van der Waals surface area contributed by atoms with Gasteiger partial charge in [0.05, 0.1) is 17.6 Å². The van der Waals surface area contributed by atoms with E-state index in [0.717, 1.165) is 30.6 Å². The zero-order valence-electron chi connectivity index (χ0n) is 27.6. The topological polar surface area (TPSA) is 123 Å². The SMILES string of the molecule is CC(C)(C)OC(=O)N1C[C@H](CC(=O)CCCN2C(=O)C=CC2=O)C[C@H]1C(=O)N1CCC[C@H]1B1OC2C3CC(CC2(C)O1)C3(C)C. The number of hydrogen-bond donors (Lipinski definition) is 0. The van der Waals surface area contributed by atoms with Gasteiger partial charge < -0.3 is 18.9 Å². The molecular formula is C33H48BN3O8. The van der Waals surface area contributed by atoms with Crippen molar-refractivity contribution in [3.05, 3.63) is 12.2 Å². The van der Waals surface area contributed by atoms with Gasteiger partial charge >= 0.3 is 13.2 Å². The maximum atomic E-state index is 14.3. The first-order valence-electron chi connectivity index (χ1n) is 16.8. The maximum absolute atomic E-state index is 14.3. The molecule has 0 spiro atoms. The summed E-state index contributed by atoms with van der Waals surface area (Å²) < 4.78 is 19.0. The summed E-state index contributed by atoms with van der Waals surface area (Å²) in [5, 5.41) is 0. The zero-order valence-corrected chi connectivity index (χ0v) is 27.6. The Labute approximate surface area is 266 Å². The van der Waals surface area contributed by atoms with Crippen molar-refractivity contribution in [2.24, 2.45) is 23.2 Å². The highest BCUT2D eigenvalue weighted by Crippen LogP contribution is 2.65. The third-order valence-corrected chi connectivity index (χ3v) is 11.3. The van der Waals surface area contributed by atoms with Gasteiger partial charge in [-0.25, -0.2) is 4.79 Å². The van der Waals surface area contributed by atoms with E-state index >= 15 is 0 Å². The molecule has 0 N–H and O–H groups in total. The molecule has 7 aliphatic rings. The fourth-order valence-electron chi connectivity index (χ4n) is 8.79. The van der Waals surface area contributed by atoms with Crippen LogP contribution in [0.2, 0.25) is 0 Å². The van der Waals surface area contributed by atoms with Crippen LogP contribution in [0.3, 0.4) is 0 Å². The Morgan fingerprint density at radius 3 is 2.44 bits per heavy atom. The fourth-order valence-corrected chi connectivity index (χ4v) is 8.79. The van der Waals surface area contributed by atoms with E-state index in [-0.39, 0.29) is 78.4 Å². The molecule has 7 rings (SSSR count). The highest BCUT2D eigenvalue weighted by atomic mass is 16.7. The molecule has 45 heavy (non-hydrogen) atoms. The number of amides is 4. The highest BCUT2D eigenvalue weighted by molar-refractivity contribution is 6.48. The van der Waals surface area contributed by atoms with Gasteiger partial charge in [0.25, 0.3) is 11.8 Å². The number of carbonyl (C=O) groups excluding carboxylic acids is 5. The molecule has 12 heteroatoms. The van der Waals surface area contributed by atoms with Crippen LogP contribution in [-0.2, 0) is 33.2 Å². The van der Waals surface area contributed by atoms with Crippen LogP contribution in [0.1, 0.15) is 92.9 Å². The van der Waals surface area contributed by atoms with Crippen molar-refractivity contribution in [2.75, 3.05) is 19.6 Å². The molecular weight excluding hydrogens is 577 g/mol. The predicted molar refractivity (Wildman–Crippen MR) is 164 cm³/mol. The van der Waals surface area contributed by atoms with Crippen molar-refractivity contribution in [3.63, 3.8) is 0 Å². The van der Waals surface area contributed by atoms with E-state index in [9.17, 15) is 24.0 Å². The number of ketones is 1. The molecule has 0 aromatic heterocycles. The van der Waals surface area contributed by atoms with Gasteiger partial charge in [-0.3, -0.25) is 29.0 Å². The largest absolute Gasteiger partial charge is 0.481 e. The van der Waals surface area contributed by atoms with E-state index in [1.807, 2.05) is 4.90 Å². The molecule has 3 saturated carbocycles. The number of ether oxygens (including phenoxy) is 1. The lowest BCUT2D eigenvalue weighted by Crippen LogP contribution is -2.63. The molecule has 4 aliphatic heterocycles. The van der Waals surface area contributed by atoms with E-state index in [1.54, 1.807) is 20.8 Å². The van der Waals surface area contributed by atoms with Crippen molar-refractivity contribution < 1.29 is 38.0 Å². The zero-order chi connectivity index (χ0) is 32.5. The first kappa shape index (κ1) is 32.2. The van der Waals surface area contributed by atoms with Crippen molar-refractivity contribution in [1.29, 1.82) is 0 Å². The third kappa shape index (κ3) is 5.97. The van der Waals surface area contributed by atoms with Gasteiger partial charge in [0, 0.05) is 44.6 Å². The number of rotatable bonds is 8. The van der Waals surface area contributed by atoms with Crippen LogP contribution in [0.5, 0.6) is 0 Å². The summed E-state index contributed by atoms with van der Waals surface area (Å²) in [6.45, 7) is 13.2. The highest BCUT2D eigenvalue weighted by Gasteiger charge is 2.68. The molecule has 3 saturated heterocycles. The van der Waals surface area contributed by atoms with Crippen molar-refractivity contribution in [2.45, 2.75) is 122 Å². The van der Waals surface area contributed by atoms with Crippen LogP contribution in [0, 0.1) is 23.2 Å². The molecule has 7 atom stereocenters. The first-order valence-corrected chi connectivity index (χ1v) is 16.8. The lowest BCUT2D eigenvalue weighted by molar-refractivity contribution is -0.185. The Balaban J connectivity index is 1.11. The second kappa shape index (κ2) is 11.5.